The number of carbonyl (C=O) groups excluding carboxylic acids is 1. The predicted octanol–water partition coefficient (Wildman–Crippen LogP) is 4.17. The number of amides is 1. The summed E-state index contributed by atoms with van der Waals surface area (Å²) in [6.45, 7) is 0.489. The fourth-order valence-electron chi connectivity index (χ4n) is 4.11. The van der Waals surface area contributed by atoms with E-state index in [0.29, 0.717) is 13.0 Å². The molecule has 0 unspecified atom stereocenters. The Hall–Kier alpha value is -3.65. The van der Waals surface area contributed by atoms with Gasteiger partial charge in [-0.15, -0.1) is 0 Å². The van der Waals surface area contributed by atoms with Gasteiger partial charge in [-0.2, -0.15) is 11.3 Å². The van der Waals surface area contributed by atoms with Gasteiger partial charge in [0.2, 0.25) is 0 Å². The lowest BCUT2D eigenvalue weighted by atomic mass is 9.97. The van der Waals surface area contributed by atoms with Gasteiger partial charge in [-0.05, 0) is 66.1 Å². The van der Waals surface area contributed by atoms with Crippen LogP contribution in [0.1, 0.15) is 43.2 Å². The molecule has 1 amide bonds. The maximum absolute atomic E-state index is 13.3. The lowest BCUT2D eigenvalue weighted by Crippen LogP contribution is -2.41. The highest BCUT2D eigenvalue weighted by Gasteiger charge is 2.23. The Morgan fingerprint density at radius 1 is 1.18 bits per heavy atom. The third kappa shape index (κ3) is 5.63. The van der Waals surface area contributed by atoms with Crippen molar-refractivity contribution in [2.24, 2.45) is 0 Å². The Labute approximate surface area is 201 Å². The minimum atomic E-state index is -0.665. The van der Waals surface area contributed by atoms with Crippen LogP contribution >= 0.6 is 11.3 Å². The minimum Gasteiger partial charge on any atom is -0.383 e. The van der Waals surface area contributed by atoms with Crippen molar-refractivity contribution >= 4 is 34.8 Å². The average Bonchev–Trinajstić information content (AvgIpc) is 3.37. The van der Waals surface area contributed by atoms with Gasteiger partial charge < -0.3 is 10.6 Å². The molecule has 0 radical (unpaired) electrons. The van der Waals surface area contributed by atoms with E-state index in [1.54, 1.807) is 6.08 Å². The topological polar surface area (TPSA) is 101 Å². The highest BCUT2D eigenvalue weighted by atomic mass is 32.1. The van der Waals surface area contributed by atoms with Crippen LogP contribution in [-0.2, 0) is 11.3 Å². The van der Waals surface area contributed by atoms with Crippen molar-refractivity contribution in [1.82, 2.24) is 9.55 Å². The Bertz CT molecular complexity index is 1300. The van der Waals surface area contributed by atoms with Crippen LogP contribution in [0.15, 0.2) is 74.5 Å². The maximum atomic E-state index is 13.3. The second-order valence-electron chi connectivity index (χ2n) is 8.30. The van der Waals surface area contributed by atoms with Crippen LogP contribution in [0, 0.1) is 0 Å². The number of benzene rings is 1. The predicted molar refractivity (Wildman–Crippen MR) is 138 cm³/mol. The highest BCUT2D eigenvalue weighted by Crippen LogP contribution is 2.24. The Kier molecular flexibility index (Phi) is 7.59. The van der Waals surface area contributed by atoms with E-state index in [1.165, 1.54) is 38.9 Å². The van der Waals surface area contributed by atoms with Crippen LogP contribution in [0.4, 0.5) is 11.5 Å². The molecular formula is C26H28N4O3S. The number of nitrogen functional groups attached to an aromatic ring is 1. The van der Waals surface area contributed by atoms with Crippen LogP contribution in [0.25, 0.3) is 6.08 Å². The van der Waals surface area contributed by atoms with E-state index in [0.717, 1.165) is 30.4 Å². The molecule has 3 N–H and O–H groups in total. The van der Waals surface area contributed by atoms with Crippen LogP contribution in [-0.4, -0.2) is 22.0 Å². The van der Waals surface area contributed by atoms with Crippen molar-refractivity contribution in [2.45, 2.75) is 38.6 Å². The highest BCUT2D eigenvalue weighted by molar-refractivity contribution is 7.08. The van der Waals surface area contributed by atoms with Gasteiger partial charge in [0.1, 0.15) is 5.82 Å². The maximum Gasteiger partial charge on any atom is 0.330 e. The van der Waals surface area contributed by atoms with Crippen LogP contribution in [0.3, 0.4) is 0 Å². The number of rotatable bonds is 8. The summed E-state index contributed by atoms with van der Waals surface area (Å²) < 4.78 is 1.30. The summed E-state index contributed by atoms with van der Waals surface area (Å²) in [5.41, 5.74) is 8.16. The number of nitrogens with zero attached hydrogens (tertiary/aromatic N) is 2. The largest absolute Gasteiger partial charge is 0.383 e. The zero-order valence-corrected chi connectivity index (χ0v) is 19.7. The molecule has 7 nitrogen and oxygen atoms in total. The number of H-pyrrole nitrogens is 1. The quantitative estimate of drug-likeness (QED) is 0.376. The first kappa shape index (κ1) is 23.5. The second kappa shape index (κ2) is 11.0. The number of aromatic amines is 1. The molecule has 1 aliphatic rings. The molecule has 2 aromatic heterocycles. The van der Waals surface area contributed by atoms with E-state index in [2.05, 4.69) is 11.1 Å². The molecule has 1 aromatic carbocycles. The van der Waals surface area contributed by atoms with Crippen molar-refractivity contribution in [1.29, 1.82) is 0 Å². The minimum absolute atomic E-state index is 0.00640. The fourth-order valence-corrected chi connectivity index (χ4v) is 4.74. The lowest BCUT2D eigenvalue weighted by molar-refractivity contribution is -0.114. The van der Waals surface area contributed by atoms with Crippen LogP contribution in [0.2, 0.25) is 0 Å². The van der Waals surface area contributed by atoms with Gasteiger partial charge in [-0.25, -0.2) is 4.79 Å². The first-order chi connectivity index (χ1) is 16.5. The van der Waals surface area contributed by atoms with E-state index in [-0.39, 0.29) is 24.0 Å². The molecular weight excluding hydrogens is 448 g/mol. The molecule has 0 saturated heterocycles. The van der Waals surface area contributed by atoms with Gasteiger partial charge in [-0.1, -0.05) is 42.0 Å². The average molecular weight is 477 g/mol. The number of aromatic nitrogens is 2. The number of carbonyl (C=O) groups is 1. The Morgan fingerprint density at radius 3 is 2.71 bits per heavy atom. The number of hydrogen-bond donors (Lipinski definition) is 2. The van der Waals surface area contributed by atoms with E-state index in [4.69, 9.17) is 5.73 Å². The van der Waals surface area contributed by atoms with Gasteiger partial charge in [-0.3, -0.25) is 19.1 Å². The summed E-state index contributed by atoms with van der Waals surface area (Å²) in [5, 5.41) is 3.86. The lowest BCUT2D eigenvalue weighted by Gasteiger charge is -2.24. The molecule has 8 heteroatoms. The second-order valence-corrected chi connectivity index (χ2v) is 9.08. The molecule has 0 bridgehead atoms. The SMILES string of the molecule is Nc1c(N(CCC2=CCCCC2)C(=O)C=Cc2ccsc2)c(=O)[nH]c(=O)n1Cc1ccccc1. The molecule has 176 valence electrons. The number of hydrogen-bond acceptors (Lipinski definition) is 5. The smallest absolute Gasteiger partial charge is 0.330 e. The molecule has 0 spiro atoms. The monoisotopic (exact) mass is 476 g/mol. The first-order valence-corrected chi connectivity index (χ1v) is 12.3. The van der Waals surface area contributed by atoms with Gasteiger partial charge in [0.05, 0.1) is 6.54 Å². The summed E-state index contributed by atoms with van der Waals surface area (Å²) >= 11 is 1.54. The molecule has 1 aliphatic carbocycles. The Balaban J connectivity index is 1.70. The normalized spacial score (nSPS) is 13.7. The van der Waals surface area contributed by atoms with Crippen molar-refractivity contribution in [3.05, 3.63) is 96.8 Å². The third-order valence-corrected chi connectivity index (χ3v) is 6.64. The molecule has 2 heterocycles. The number of anilines is 2. The zero-order chi connectivity index (χ0) is 23.9. The molecule has 4 rings (SSSR count). The summed E-state index contributed by atoms with van der Waals surface area (Å²) in [7, 11) is 0. The summed E-state index contributed by atoms with van der Waals surface area (Å²) in [6.07, 6.45) is 10.4. The zero-order valence-electron chi connectivity index (χ0n) is 18.9. The van der Waals surface area contributed by atoms with Gasteiger partial charge >= 0.3 is 5.69 Å². The third-order valence-electron chi connectivity index (χ3n) is 5.94. The molecule has 0 saturated carbocycles. The van der Waals surface area contributed by atoms with Crippen LogP contribution in [0.5, 0.6) is 0 Å². The van der Waals surface area contributed by atoms with Crippen molar-refractivity contribution in [3.8, 4) is 0 Å². The molecule has 0 fully saturated rings. The first-order valence-electron chi connectivity index (χ1n) is 11.4. The van der Waals surface area contributed by atoms with E-state index in [9.17, 15) is 14.4 Å². The van der Waals surface area contributed by atoms with Gasteiger partial charge in [0.25, 0.3) is 11.5 Å². The fraction of sp³-hybridized carbons (Fsp3) is 0.269. The number of allylic oxidation sites excluding steroid dienone is 1. The Morgan fingerprint density at radius 2 is 2.00 bits per heavy atom. The number of thiophene rings is 1. The van der Waals surface area contributed by atoms with Crippen LogP contribution < -0.4 is 21.9 Å². The van der Waals surface area contributed by atoms with Crippen molar-refractivity contribution < 1.29 is 4.79 Å². The molecule has 34 heavy (non-hydrogen) atoms. The van der Waals surface area contributed by atoms with Crippen molar-refractivity contribution in [2.75, 3.05) is 17.2 Å². The van der Waals surface area contributed by atoms with Crippen molar-refractivity contribution in [3.63, 3.8) is 0 Å². The van der Waals surface area contributed by atoms with E-state index in [1.807, 2.05) is 47.2 Å². The number of nitrogens with two attached hydrogens (primary N) is 1. The van der Waals surface area contributed by atoms with E-state index >= 15 is 0 Å². The summed E-state index contributed by atoms with van der Waals surface area (Å²) in [6, 6.07) is 11.3. The van der Waals surface area contributed by atoms with Gasteiger partial charge in [0.15, 0.2) is 5.69 Å². The molecule has 0 atom stereocenters. The standard InChI is InChI=1S/C26H28N4O3S/c27-24-23(25(32)28-26(33)30(24)17-20-9-5-2-6-10-20)29(15-13-19-7-3-1-4-8-19)22(31)12-11-21-14-16-34-18-21/h2,5-7,9-12,14,16,18H,1,3-4,8,13,15,17,27H2,(H,28,32,33). The number of nitrogens with one attached hydrogen (secondary N) is 1. The molecule has 0 aliphatic heterocycles. The summed E-state index contributed by atoms with van der Waals surface area (Å²) in [5.74, 6) is -0.378. The summed E-state index contributed by atoms with van der Waals surface area (Å²) in [4.78, 5) is 42.6. The van der Waals surface area contributed by atoms with Gasteiger partial charge in [0, 0.05) is 12.6 Å². The van der Waals surface area contributed by atoms with E-state index < -0.39 is 11.2 Å². The molecule has 3 aromatic rings.